The molecule has 0 aromatic heterocycles. The van der Waals surface area contributed by atoms with Crippen LogP contribution in [0.2, 0.25) is 0 Å². The molecule has 9 heteroatoms. The molecule has 108 valence electrons. The van der Waals surface area contributed by atoms with E-state index in [1.807, 2.05) is 0 Å². The molecule has 0 bridgehead atoms. The second-order valence-electron chi connectivity index (χ2n) is 3.97. The molecule has 1 atom stereocenters. The van der Waals surface area contributed by atoms with Crippen LogP contribution in [0.15, 0.2) is 28.1 Å². The molecule has 1 unspecified atom stereocenters. The number of benzene rings is 1. The van der Waals surface area contributed by atoms with Crippen molar-refractivity contribution in [2.45, 2.75) is 11.1 Å². The minimum Gasteiger partial charge on any atom is -0.376 e. The molecule has 1 aliphatic rings. The summed E-state index contributed by atoms with van der Waals surface area (Å²) in [6, 6.07) is 2.12. The zero-order chi connectivity index (χ0) is 14.8. The summed E-state index contributed by atoms with van der Waals surface area (Å²) in [5.41, 5.74) is 0. The molecular weight excluding hydrogens is 294 g/mol. The standard InChI is InChI=1S/C11H10F2N2O4S/c12-8-1-2-9(13)10(5-8)20(17,18)15-3-4-19-6-11(15)14-7-16/h1-2,5,11H,3-4,6H2. The van der Waals surface area contributed by atoms with Crippen molar-refractivity contribution in [2.24, 2.45) is 4.99 Å². The van der Waals surface area contributed by atoms with Crippen molar-refractivity contribution in [3.05, 3.63) is 29.8 Å². The zero-order valence-electron chi connectivity index (χ0n) is 10.1. The number of sulfonamides is 1. The van der Waals surface area contributed by atoms with E-state index in [0.717, 1.165) is 16.4 Å². The van der Waals surface area contributed by atoms with Gasteiger partial charge in [0.15, 0.2) is 6.17 Å². The number of ether oxygens (including phenoxy) is 1. The number of halogens is 2. The summed E-state index contributed by atoms with van der Waals surface area (Å²) in [6.45, 7) is -0.194. The largest absolute Gasteiger partial charge is 0.376 e. The zero-order valence-corrected chi connectivity index (χ0v) is 10.9. The van der Waals surface area contributed by atoms with Crippen LogP contribution in [0.5, 0.6) is 0 Å². The lowest BCUT2D eigenvalue weighted by Crippen LogP contribution is -2.47. The van der Waals surface area contributed by atoms with E-state index in [0.29, 0.717) is 6.07 Å². The lowest BCUT2D eigenvalue weighted by Gasteiger charge is -2.31. The normalized spacial score (nSPS) is 20.4. The fourth-order valence-electron chi connectivity index (χ4n) is 1.82. The van der Waals surface area contributed by atoms with E-state index in [1.165, 1.54) is 6.08 Å². The Morgan fingerprint density at radius 1 is 1.40 bits per heavy atom. The first-order valence-electron chi connectivity index (χ1n) is 5.58. The quantitative estimate of drug-likeness (QED) is 0.607. The van der Waals surface area contributed by atoms with Crippen LogP contribution >= 0.6 is 0 Å². The van der Waals surface area contributed by atoms with E-state index in [-0.39, 0.29) is 19.8 Å². The molecule has 20 heavy (non-hydrogen) atoms. The molecule has 0 radical (unpaired) electrons. The Morgan fingerprint density at radius 3 is 2.85 bits per heavy atom. The molecule has 0 saturated carbocycles. The van der Waals surface area contributed by atoms with Gasteiger partial charge in [-0.05, 0) is 18.2 Å². The summed E-state index contributed by atoms with van der Waals surface area (Å²) in [5.74, 6) is -1.96. The Bertz CT molecular complexity index is 658. The van der Waals surface area contributed by atoms with Crippen molar-refractivity contribution in [2.75, 3.05) is 19.8 Å². The van der Waals surface area contributed by atoms with E-state index >= 15 is 0 Å². The van der Waals surface area contributed by atoms with Gasteiger partial charge in [-0.2, -0.15) is 9.30 Å². The maximum Gasteiger partial charge on any atom is 0.248 e. The maximum atomic E-state index is 13.6. The highest BCUT2D eigenvalue weighted by atomic mass is 32.2. The summed E-state index contributed by atoms with van der Waals surface area (Å²) in [6.07, 6.45) is 0.107. The molecule has 1 saturated heterocycles. The average molecular weight is 304 g/mol. The van der Waals surface area contributed by atoms with Crippen LogP contribution in [0.3, 0.4) is 0 Å². The lowest BCUT2D eigenvalue weighted by atomic mass is 10.3. The fourth-order valence-corrected chi connectivity index (χ4v) is 3.39. The van der Waals surface area contributed by atoms with Gasteiger partial charge < -0.3 is 4.74 Å². The summed E-state index contributed by atoms with van der Waals surface area (Å²) in [7, 11) is -4.32. The number of hydrogen-bond acceptors (Lipinski definition) is 5. The Labute approximate surface area is 113 Å². The predicted molar refractivity (Wildman–Crippen MR) is 63.0 cm³/mol. The SMILES string of the molecule is O=C=NC1COCCN1S(=O)(=O)c1cc(F)ccc1F. The van der Waals surface area contributed by atoms with Crippen molar-refractivity contribution in [1.29, 1.82) is 0 Å². The van der Waals surface area contributed by atoms with E-state index < -0.39 is 32.7 Å². The highest BCUT2D eigenvalue weighted by molar-refractivity contribution is 7.89. The van der Waals surface area contributed by atoms with Crippen LogP contribution in [-0.2, 0) is 19.6 Å². The number of rotatable bonds is 3. The van der Waals surface area contributed by atoms with Gasteiger partial charge in [0, 0.05) is 6.54 Å². The van der Waals surface area contributed by atoms with Gasteiger partial charge in [-0.25, -0.2) is 22.0 Å². The van der Waals surface area contributed by atoms with E-state index in [9.17, 15) is 22.0 Å². The monoisotopic (exact) mass is 304 g/mol. The van der Waals surface area contributed by atoms with Crippen LogP contribution in [0, 0.1) is 11.6 Å². The topological polar surface area (TPSA) is 76.0 Å². The number of hydrogen-bond donors (Lipinski definition) is 0. The fraction of sp³-hybridized carbons (Fsp3) is 0.364. The molecule has 6 nitrogen and oxygen atoms in total. The maximum absolute atomic E-state index is 13.6. The molecule has 1 aromatic rings. The van der Waals surface area contributed by atoms with E-state index in [1.54, 1.807) is 0 Å². The average Bonchev–Trinajstić information content (AvgIpc) is 2.42. The molecule has 1 fully saturated rings. The van der Waals surface area contributed by atoms with Gasteiger partial charge in [0.1, 0.15) is 16.5 Å². The summed E-state index contributed by atoms with van der Waals surface area (Å²) in [4.78, 5) is 12.8. The molecule has 0 spiro atoms. The molecule has 1 aliphatic heterocycles. The minimum atomic E-state index is -4.32. The van der Waals surface area contributed by atoms with Gasteiger partial charge in [-0.15, -0.1) is 0 Å². The first kappa shape index (κ1) is 14.7. The van der Waals surface area contributed by atoms with Crippen molar-refractivity contribution in [3.63, 3.8) is 0 Å². The Morgan fingerprint density at radius 2 is 2.15 bits per heavy atom. The highest BCUT2D eigenvalue weighted by Gasteiger charge is 2.36. The first-order chi connectivity index (χ1) is 9.46. The van der Waals surface area contributed by atoms with Crippen LogP contribution in [-0.4, -0.2) is 44.7 Å². The smallest absolute Gasteiger partial charge is 0.248 e. The van der Waals surface area contributed by atoms with E-state index in [4.69, 9.17) is 4.74 Å². The van der Waals surface area contributed by atoms with Gasteiger partial charge in [-0.3, -0.25) is 0 Å². The van der Waals surface area contributed by atoms with E-state index in [2.05, 4.69) is 4.99 Å². The molecule has 0 amide bonds. The van der Waals surface area contributed by atoms with Gasteiger partial charge >= 0.3 is 0 Å². The number of aliphatic imine (C=N–C) groups is 1. The summed E-state index contributed by atoms with van der Waals surface area (Å²) in [5, 5.41) is 0. The minimum absolute atomic E-state index is 0.0705. The third-order valence-corrected chi connectivity index (χ3v) is 4.65. The van der Waals surface area contributed by atoms with Crippen molar-refractivity contribution < 1.29 is 26.7 Å². The van der Waals surface area contributed by atoms with Gasteiger partial charge in [0.05, 0.1) is 13.2 Å². The van der Waals surface area contributed by atoms with Crippen LogP contribution in [0.1, 0.15) is 0 Å². The molecule has 1 aromatic carbocycles. The van der Waals surface area contributed by atoms with Crippen LogP contribution < -0.4 is 0 Å². The van der Waals surface area contributed by atoms with Gasteiger partial charge in [-0.1, -0.05) is 0 Å². The number of nitrogens with zero attached hydrogens (tertiary/aromatic N) is 2. The number of carbonyl (C=O) groups excluding carboxylic acids is 1. The van der Waals surface area contributed by atoms with Crippen LogP contribution in [0.25, 0.3) is 0 Å². The number of morpholine rings is 1. The Kier molecular flexibility index (Phi) is 4.24. The Balaban J connectivity index is 2.47. The first-order valence-corrected chi connectivity index (χ1v) is 7.02. The number of isocyanates is 1. The molecule has 2 rings (SSSR count). The van der Waals surface area contributed by atoms with Gasteiger partial charge in [0.2, 0.25) is 16.1 Å². The predicted octanol–water partition coefficient (Wildman–Crippen LogP) is 0.648. The second kappa shape index (κ2) is 5.76. The lowest BCUT2D eigenvalue weighted by molar-refractivity contribution is 0.0358. The molecule has 0 N–H and O–H groups in total. The van der Waals surface area contributed by atoms with Crippen LogP contribution in [0.4, 0.5) is 8.78 Å². The second-order valence-corrected chi connectivity index (χ2v) is 5.83. The third-order valence-electron chi connectivity index (χ3n) is 2.74. The molecular formula is C11H10F2N2O4S. The summed E-state index contributed by atoms with van der Waals surface area (Å²) >= 11 is 0. The van der Waals surface area contributed by atoms with Crippen molar-refractivity contribution >= 4 is 16.1 Å². The van der Waals surface area contributed by atoms with Crippen molar-refractivity contribution in [1.82, 2.24) is 4.31 Å². The van der Waals surface area contributed by atoms with Gasteiger partial charge in [0.25, 0.3) is 0 Å². The highest BCUT2D eigenvalue weighted by Crippen LogP contribution is 2.24. The Hall–Kier alpha value is -1.67. The molecule has 1 heterocycles. The molecule has 0 aliphatic carbocycles. The van der Waals surface area contributed by atoms with Crippen molar-refractivity contribution in [3.8, 4) is 0 Å². The third kappa shape index (κ3) is 2.75. The summed E-state index contributed by atoms with van der Waals surface area (Å²) < 4.78 is 57.2.